The number of carbonyl (C=O) groups is 1. The molecule has 4 heteroatoms. The van der Waals surface area contributed by atoms with Crippen LogP contribution in [0, 0.1) is 0 Å². The molecule has 0 aromatic heterocycles. The van der Waals surface area contributed by atoms with Crippen LogP contribution in [-0.2, 0) is 14.3 Å². The predicted molar refractivity (Wildman–Crippen MR) is 71.5 cm³/mol. The number of esters is 1. The van der Waals surface area contributed by atoms with Gasteiger partial charge in [0.2, 0.25) is 0 Å². The molecule has 0 amide bonds. The number of methoxy groups -OCH3 is 1. The summed E-state index contributed by atoms with van der Waals surface area (Å²) in [5.41, 5.74) is -0.722. The second kappa shape index (κ2) is 7.74. The Hall–Kier alpha value is -0.610. The molecule has 1 saturated carbocycles. The number of hydrogen-bond acceptors (Lipinski definition) is 4. The standard InChI is InChI=1S/C14H27NO3/c1-4-18-13(16)14(2,11-17-3)15-12-9-7-5-6-8-10-12/h12,15H,4-11H2,1-3H3. The largest absolute Gasteiger partial charge is 0.465 e. The predicted octanol–water partition coefficient (Wildman–Crippen LogP) is 2.27. The Labute approximate surface area is 110 Å². The Morgan fingerprint density at radius 2 is 1.89 bits per heavy atom. The molecule has 0 radical (unpaired) electrons. The van der Waals surface area contributed by atoms with Gasteiger partial charge in [-0.15, -0.1) is 0 Å². The minimum Gasteiger partial charge on any atom is -0.465 e. The molecule has 1 rings (SSSR count). The SMILES string of the molecule is CCOC(=O)C(C)(COC)NC1CCCCCC1. The lowest BCUT2D eigenvalue weighted by Gasteiger charge is -2.32. The molecule has 1 aliphatic carbocycles. The molecular weight excluding hydrogens is 230 g/mol. The summed E-state index contributed by atoms with van der Waals surface area (Å²) in [5, 5.41) is 3.46. The van der Waals surface area contributed by atoms with Gasteiger partial charge < -0.3 is 9.47 Å². The average Bonchev–Trinajstić information content (AvgIpc) is 2.58. The Bertz CT molecular complexity index is 249. The van der Waals surface area contributed by atoms with Gasteiger partial charge in [-0.05, 0) is 26.7 Å². The van der Waals surface area contributed by atoms with Gasteiger partial charge in [0.05, 0.1) is 13.2 Å². The number of nitrogens with one attached hydrogen (secondary N) is 1. The molecule has 0 bridgehead atoms. The van der Waals surface area contributed by atoms with E-state index in [2.05, 4.69) is 5.32 Å². The molecular formula is C14H27NO3. The third-order valence-corrected chi connectivity index (χ3v) is 3.54. The molecule has 1 fully saturated rings. The maximum absolute atomic E-state index is 12.0. The van der Waals surface area contributed by atoms with Gasteiger partial charge in [-0.1, -0.05) is 25.7 Å². The Morgan fingerprint density at radius 1 is 1.28 bits per heavy atom. The summed E-state index contributed by atoms with van der Waals surface area (Å²) in [4.78, 5) is 12.0. The van der Waals surface area contributed by atoms with Gasteiger partial charge in [-0.3, -0.25) is 5.32 Å². The lowest BCUT2D eigenvalue weighted by molar-refractivity contribution is -0.153. The number of hydrogen-bond donors (Lipinski definition) is 1. The normalized spacial score (nSPS) is 21.1. The molecule has 0 saturated heterocycles. The Balaban J connectivity index is 2.61. The maximum Gasteiger partial charge on any atom is 0.328 e. The van der Waals surface area contributed by atoms with E-state index in [0.29, 0.717) is 19.3 Å². The maximum atomic E-state index is 12.0. The van der Waals surface area contributed by atoms with Crippen molar-refractivity contribution in [1.82, 2.24) is 5.32 Å². The van der Waals surface area contributed by atoms with Crippen LogP contribution in [0.1, 0.15) is 52.4 Å². The van der Waals surface area contributed by atoms with Crippen LogP contribution in [0.2, 0.25) is 0 Å². The van der Waals surface area contributed by atoms with E-state index in [0.717, 1.165) is 12.8 Å². The van der Waals surface area contributed by atoms with Crippen LogP contribution >= 0.6 is 0 Å². The summed E-state index contributed by atoms with van der Waals surface area (Å²) in [6, 6.07) is 0.400. The lowest BCUT2D eigenvalue weighted by atomic mass is 9.99. The number of ether oxygens (including phenoxy) is 2. The monoisotopic (exact) mass is 257 g/mol. The highest BCUT2D eigenvalue weighted by Gasteiger charge is 2.36. The first kappa shape index (κ1) is 15.4. The van der Waals surface area contributed by atoms with Crippen molar-refractivity contribution in [2.75, 3.05) is 20.3 Å². The molecule has 1 N–H and O–H groups in total. The summed E-state index contributed by atoms with van der Waals surface area (Å²) < 4.78 is 10.3. The van der Waals surface area contributed by atoms with Crippen LogP contribution in [0.25, 0.3) is 0 Å². The fourth-order valence-corrected chi connectivity index (χ4v) is 2.61. The highest BCUT2D eigenvalue weighted by Crippen LogP contribution is 2.20. The molecule has 0 spiro atoms. The summed E-state index contributed by atoms with van der Waals surface area (Å²) in [7, 11) is 1.62. The van der Waals surface area contributed by atoms with Crippen LogP contribution in [0.3, 0.4) is 0 Å². The fourth-order valence-electron chi connectivity index (χ4n) is 2.61. The van der Waals surface area contributed by atoms with Crippen LogP contribution in [0.5, 0.6) is 0 Å². The van der Waals surface area contributed by atoms with E-state index < -0.39 is 5.54 Å². The zero-order valence-corrected chi connectivity index (χ0v) is 12.0. The average molecular weight is 257 g/mol. The lowest BCUT2D eigenvalue weighted by Crippen LogP contribution is -2.57. The zero-order valence-electron chi connectivity index (χ0n) is 12.0. The van der Waals surface area contributed by atoms with Gasteiger partial charge in [-0.25, -0.2) is 4.79 Å². The van der Waals surface area contributed by atoms with Crippen molar-refractivity contribution in [3.05, 3.63) is 0 Å². The minimum absolute atomic E-state index is 0.212. The summed E-state index contributed by atoms with van der Waals surface area (Å²) >= 11 is 0. The van der Waals surface area contributed by atoms with Crippen molar-refractivity contribution in [2.45, 2.75) is 64.0 Å². The molecule has 0 heterocycles. The topological polar surface area (TPSA) is 47.6 Å². The quantitative estimate of drug-likeness (QED) is 0.586. The van der Waals surface area contributed by atoms with E-state index in [4.69, 9.17) is 9.47 Å². The fraction of sp³-hybridized carbons (Fsp3) is 0.929. The van der Waals surface area contributed by atoms with Crippen molar-refractivity contribution in [3.63, 3.8) is 0 Å². The van der Waals surface area contributed by atoms with E-state index in [-0.39, 0.29) is 5.97 Å². The third kappa shape index (κ3) is 4.58. The Morgan fingerprint density at radius 3 is 2.39 bits per heavy atom. The van der Waals surface area contributed by atoms with Crippen LogP contribution < -0.4 is 5.32 Å². The zero-order chi connectivity index (χ0) is 13.4. The highest BCUT2D eigenvalue weighted by molar-refractivity contribution is 5.80. The van der Waals surface area contributed by atoms with Gasteiger partial charge in [0, 0.05) is 13.2 Å². The molecule has 4 nitrogen and oxygen atoms in total. The second-order valence-electron chi connectivity index (χ2n) is 5.32. The highest BCUT2D eigenvalue weighted by atomic mass is 16.5. The molecule has 0 aromatic carbocycles. The van der Waals surface area contributed by atoms with Gasteiger partial charge in [0.15, 0.2) is 0 Å². The van der Waals surface area contributed by atoms with Crippen molar-refractivity contribution in [2.24, 2.45) is 0 Å². The van der Waals surface area contributed by atoms with E-state index in [1.807, 2.05) is 13.8 Å². The first-order valence-electron chi connectivity index (χ1n) is 7.06. The summed E-state index contributed by atoms with van der Waals surface area (Å²) in [6.07, 6.45) is 7.36. The Kier molecular flexibility index (Phi) is 6.65. The van der Waals surface area contributed by atoms with E-state index >= 15 is 0 Å². The molecule has 0 aliphatic heterocycles. The first-order chi connectivity index (χ1) is 8.62. The van der Waals surface area contributed by atoms with Crippen molar-refractivity contribution in [1.29, 1.82) is 0 Å². The van der Waals surface area contributed by atoms with Gasteiger partial charge in [0.1, 0.15) is 5.54 Å². The summed E-state index contributed by atoms with van der Waals surface area (Å²) in [5.74, 6) is -0.212. The molecule has 1 atom stereocenters. The van der Waals surface area contributed by atoms with Gasteiger partial charge >= 0.3 is 5.97 Å². The van der Waals surface area contributed by atoms with E-state index in [9.17, 15) is 4.79 Å². The molecule has 106 valence electrons. The van der Waals surface area contributed by atoms with E-state index in [1.54, 1.807) is 7.11 Å². The van der Waals surface area contributed by atoms with Crippen molar-refractivity contribution >= 4 is 5.97 Å². The van der Waals surface area contributed by atoms with E-state index in [1.165, 1.54) is 25.7 Å². The molecule has 0 aromatic rings. The molecule has 1 unspecified atom stereocenters. The first-order valence-corrected chi connectivity index (χ1v) is 7.06. The minimum atomic E-state index is -0.722. The van der Waals surface area contributed by atoms with Gasteiger partial charge in [-0.2, -0.15) is 0 Å². The third-order valence-electron chi connectivity index (χ3n) is 3.54. The summed E-state index contributed by atoms with van der Waals surface area (Å²) in [6.45, 7) is 4.46. The molecule has 18 heavy (non-hydrogen) atoms. The van der Waals surface area contributed by atoms with Crippen LogP contribution in [-0.4, -0.2) is 37.9 Å². The number of carbonyl (C=O) groups excluding carboxylic acids is 1. The van der Waals surface area contributed by atoms with Crippen LogP contribution in [0.15, 0.2) is 0 Å². The second-order valence-corrected chi connectivity index (χ2v) is 5.32. The van der Waals surface area contributed by atoms with Gasteiger partial charge in [0.25, 0.3) is 0 Å². The van der Waals surface area contributed by atoms with Crippen molar-refractivity contribution < 1.29 is 14.3 Å². The number of rotatable bonds is 6. The van der Waals surface area contributed by atoms with Crippen molar-refractivity contribution in [3.8, 4) is 0 Å². The smallest absolute Gasteiger partial charge is 0.328 e. The molecule has 1 aliphatic rings. The van der Waals surface area contributed by atoms with Crippen LogP contribution in [0.4, 0.5) is 0 Å².